The van der Waals surface area contributed by atoms with Gasteiger partial charge in [-0.05, 0) is 55.0 Å². The first-order valence-corrected chi connectivity index (χ1v) is 10.8. The number of amides is 4. The summed E-state index contributed by atoms with van der Waals surface area (Å²) in [5.41, 5.74) is 1.57. The summed E-state index contributed by atoms with van der Waals surface area (Å²) in [5, 5.41) is 2.20. The number of hydrogen-bond acceptors (Lipinski definition) is 8. The molecule has 1 aliphatic heterocycles. The Bertz CT molecular complexity index is 1370. The van der Waals surface area contributed by atoms with Crippen molar-refractivity contribution in [2.24, 2.45) is 0 Å². The van der Waals surface area contributed by atoms with Gasteiger partial charge >= 0.3 is 12.0 Å². The molecule has 1 saturated heterocycles. The summed E-state index contributed by atoms with van der Waals surface area (Å²) in [5.74, 6) is -0.989. The van der Waals surface area contributed by atoms with Crippen LogP contribution in [0.25, 0.3) is 6.08 Å². The summed E-state index contributed by atoms with van der Waals surface area (Å²) in [7, 11) is 2.70. The van der Waals surface area contributed by atoms with Gasteiger partial charge in [0.15, 0.2) is 11.5 Å². The summed E-state index contributed by atoms with van der Waals surface area (Å²) in [4.78, 5) is 50.3. The van der Waals surface area contributed by atoms with Crippen LogP contribution in [-0.4, -0.2) is 38.0 Å². The molecule has 1 N–H and O–H groups in total. The summed E-state index contributed by atoms with van der Waals surface area (Å²) in [6.07, 6.45) is 1.37. The van der Waals surface area contributed by atoms with Crippen LogP contribution in [0.3, 0.4) is 0 Å². The fourth-order valence-corrected chi connectivity index (χ4v) is 3.46. The zero-order valence-corrected chi connectivity index (χ0v) is 19.7. The second-order valence-corrected chi connectivity index (χ2v) is 7.75. The lowest BCUT2D eigenvalue weighted by Crippen LogP contribution is -2.54. The first-order chi connectivity index (χ1) is 17.3. The van der Waals surface area contributed by atoms with Gasteiger partial charge in [0.1, 0.15) is 17.9 Å². The number of methoxy groups -OCH3 is 2. The van der Waals surface area contributed by atoms with Gasteiger partial charge in [-0.15, -0.1) is 0 Å². The number of esters is 1. The van der Waals surface area contributed by atoms with Crippen LogP contribution in [0.2, 0.25) is 0 Å². The molecule has 0 radical (unpaired) electrons. The molecule has 184 valence electrons. The third-order valence-corrected chi connectivity index (χ3v) is 5.31. The van der Waals surface area contributed by atoms with E-state index >= 15 is 0 Å². The molecule has 4 amide bonds. The van der Waals surface area contributed by atoms with E-state index in [1.54, 1.807) is 48.5 Å². The number of imide groups is 2. The maximum atomic E-state index is 13.1. The third-order valence-electron chi connectivity index (χ3n) is 5.31. The van der Waals surface area contributed by atoms with Crippen LogP contribution in [0.5, 0.6) is 11.5 Å². The predicted molar refractivity (Wildman–Crippen MR) is 128 cm³/mol. The molecule has 2 heterocycles. The highest BCUT2D eigenvalue weighted by molar-refractivity contribution is 6.39. The standard InChI is InChI=1S/C26H22N2O8/c1-15-4-7-17(8-5-15)28-24(30)19(23(29)27-26(28)32)12-16-6-10-20(22(13-16)33-2)35-14-18-9-11-21(36-18)25(31)34-3/h4-13H,14H2,1-3H3,(H,27,29,32)/b19-12-. The van der Waals surface area contributed by atoms with Crippen molar-refractivity contribution in [3.8, 4) is 11.5 Å². The Morgan fingerprint density at radius 1 is 1.00 bits per heavy atom. The SMILES string of the molecule is COC(=O)c1ccc(COc2ccc(/C=C3/C(=O)NC(=O)N(c4ccc(C)cc4)C3=O)cc2OC)o1. The molecular formula is C26H22N2O8. The number of benzene rings is 2. The Hall–Kier alpha value is -4.86. The van der Waals surface area contributed by atoms with Crippen molar-refractivity contribution in [2.75, 3.05) is 19.1 Å². The van der Waals surface area contributed by atoms with Crippen LogP contribution in [0, 0.1) is 6.92 Å². The van der Waals surface area contributed by atoms with E-state index in [4.69, 9.17) is 13.9 Å². The summed E-state index contributed by atoms with van der Waals surface area (Å²) < 4.78 is 21.1. The monoisotopic (exact) mass is 490 g/mol. The van der Waals surface area contributed by atoms with Gasteiger partial charge in [0.2, 0.25) is 5.76 Å². The second-order valence-electron chi connectivity index (χ2n) is 7.75. The molecule has 3 aromatic rings. The van der Waals surface area contributed by atoms with Gasteiger partial charge in [-0.1, -0.05) is 23.8 Å². The Balaban J connectivity index is 1.55. The van der Waals surface area contributed by atoms with Gasteiger partial charge in [0, 0.05) is 0 Å². The highest BCUT2D eigenvalue weighted by atomic mass is 16.5. The van der Waals surface area contributed by atoms with E-state index < -0.39 is 23.8 Å². The van der Waals surface area contributed by atoms with Gasteiger partial charge < -0.3 is 18.6 Å². The molecular weight excluding hydrogens is 468 g/mol. The highest BCUT2D eigenvalue weighted by Crippen LogP contribution is 2.31. The summed E-state index contributed by atoms with van der Waals surface area (Å²) in [6.45, 7) is 1.90. The van der Waals surface area contributed by atoms with Crippen molar-refractivity contribution < 1.29 is 37.8 Å². The minimum Gasteiger partial charge on any atom is -0.493 e. The van der Waals surface area contributed by atoms with E-state index in [1.165, 1.54) is 26.4 Å². The number of furan rings is 1. The van der Waals surface area contributed by atoms with Crippen LogP contribution in [0.1, 0.15) is 27.4 Å². The van der Waals surface area contributed by atoms with E-state index in [2.05, 4.69) is 10.1 Å². The molecule has 0 aliphatic carbocycles. The van der Waals surface area contributed by atoms with Crippen molar-refractivity contribution in [3.05, 3.63) is 82.8 Å². The van der Waals surface area contributed by atoms with E-state index in [9.17, 15) is 19.2 Å². The number of anilines is 1. The Kier molecular flexibility index (Phi) is 6.86. The van der Waals surface area contributed by atoms with Gasteiger partial charge in [-0.3, -0.25) is 14.9 Å². The van der Waals surface area contributed by atoms with Crippen LogP contribution >= 0.6 is 0 Å². The molecule has 1 aliphatic rings. The first kappa shape index (κ1) is 24.3. The minimum absolute atomic E-state index is 0.0162. The van der Waals surface area contributed by atoms with Crippen molar-refractivity contribution in [1.29, 1.82) is 0 Å². The molecule has 4 rings (SSSR count). The molecule has 36 heavy (non-hydrogen) atoms. The average molecular weight is 490 g/mol. The maximum absolute atomic E-state index is 13.1. The second kappa shape index (κ2) is 10.2. The largest absolute Gasteiger partial charge is 0.493 e. The summed E-state index contributed by atoms with van der Waals surface area (Å²) in [6, 6.07) is 13.8. The number of ether oxygens (including phenoxy) is 3. The van der Waals surface area contributed by atoms with Crippen LogP contribution in [0.15, 0.2) is 64.6 Å². The van der Waals surface area contributed by atoms with E-state index in [0.717, 1.165) is 10.5 Å². The number of carbonyl (C=O) groups excluding carboxylic acids is 4. The van der Waals surface area contributed by atoms with Crippen molar-refractivity contribution in [2.45, 2.75) is 13.5 Å². The van der Waals surface area contributed by atoms with Crippen LogP contribution < -0.4 is 19.7 Å². The van der Waals surface area contributed by atoms with Gasteiger partial charge in [0.25, 0.3) is 11.8 Å². The number of rotatable bonds is 7. The first-order valence-electron chi connectivity index (χ1n) is 10.8. The molecule has 0 atom stereocenters. The Morgan fingerprint density at radius 3 is 2.44 bits per heavy atom. The lowest BCUT2D eigenvalue weighted by Gasteiger charge is -2.26. The number of barbiturate groups is 1. The zero-order chi connectivity index (χ0) is 25.8. The number of carbonyl (C=O) groups is 4. The predicted octanol–water partition coefficient (Wildman–Crippen LogP) is 3.63. The molecule has 10 nitrogen and oxygen atoms in total. The molecule has 0 spiro atoms. The molecule has 0 unspecified atom stereocenters. The van der Waals surface area contributed by atoms with E-state index in [0.29, 0.717) is 28.5 Å². The quantitative estimate of drug-likeness (QED) is 0.303. The number of hydrogen-bond donors (Lipinski definition) is 1. The lowest BCUT2D eigenvalue weighted by atomic mass is 10.1. The van der Waals surface area contributed by atoms with Gasteiger partial charge in [0.05, 0.1) is 19.9 Å². The molecule has 0 saturated carbocycles. The molecule has 1 fully saturated rings. The van der Waals surface area contributed by atoms with Crippen molar-refractivity contribution in [1.82, 2.24) is 5.32 Å². The number of aryl methyl sites for hydroxylation is 1. The average Bonchev–Trinajstić information content (AvgIpc) is 3.35. The highest BCUT2D eigenvalue weighted by Gasteiger charge is 2.36. The minimum atomic E-state index is -0.819. The third kappa shape index (κ3) is 4.97. The Morgan fingerprint density at radius 2 is 1.75 bits per heavy atom. The topological polar surface area (TPSA) is 124 Å². The lowest BCUT2D eigenvalue weighted by molar-refractivity contribution is -0.122. The van der Waals surface area contributed by atoms with E-state index in [1.807, 2.05) is 6.92 Å². The van der Waals surface area contributed by atoms with Gasteiger partial charge in [-0.25, -0.2) is 14.5 Å². The van der Waals surface area contributed by atoms with E-state index in [-0.39, 0.29) is 17.9 Å². The molecule has 1 aromatic heterocycles. The molecule has 2 aromatic carbocycles. The zero-order valence-electron chi connectivity index (χ0n) is 19.7. The van der Waals surface area contributed by atoms with Crippen LogP contribution in [-0.2, 0) is 20.9 Å². The normalized spacial score (nSPS) is 14.6. The molecule has 0 bridgehead atoms. The Labute approximate surface area is 206 Å². The van der Waals surface area contributed by atoms with Crippen molar-refractivity contribution >= 4 is 35.6 Å². The molecule has 10 heteroatoms. The fourth-order valence-electron chi connectivity index (χ4n) is 3.46. The maximum Gasteiger partial charge on any atom is 0.373 e. The number of nitrogens with one attached hydrogen (secondary N) is 1. The fraction of sp³-hybridized carbons (Fsp3) is 0.154. The smallest absolute Gasteiger partial charge is 0.373 e. The number of nitrogens with zero attached hydrogens (tertiary/aromatic N) is 1. The summed E-state index contributed by atoms with van der Waals surface area (Å²) >= 11 is 0. The van der Waals surface area contributed by atoms with Crippen molar-refractivity contribution in [3.63, 3.8) is 0 Å². The number of urea groups is 1. The van der Waals surface area contributed by atoms with Gasteiger partial charge in [-0.2, -0.15) is 0 Å². The van der Waals surface area contributed by atoms with Crippen LogP contribution in [0.4, 0.5) is 10.5 Å².